The van der Waals surface area contributed by atoms with E-state index in [-0.39, 0.29) is 6.10 Å². The van der Waals surface area contributed by atoms with Gasteiger partial charge in [0.25, 0.3) is 0 Å². The second kappa shape index (κ2) is 6.70. The van der Waals surface area contributed by atoms with Gasteiger partial charge in [-0.15, -0.1) is 0 Å². The van der Waals surface area contributed by atoms with Crippen LogP contribution in [0.2, 0.25) is 0 Å². The van der Waals surface area contributed by atoms with Gasteiger partial charge in [-0.05, 0) is 48.8 Å². The third-order valence-corrected chi connectivity index (χ3v) is 3.13. The van der Waals surface area contributed by atoms with Crippen molar-refractivity contribution < 1.29 is 4.74 Å². The summed E-state index contributed by atoms with van der Waals surface area (Å²) in [7, 11) is 0. The molecule has 0 radical (unpaired) electrons. The van der Waals surface area contributed by atoms with Crippen LogP contribution in [0.1, 0.15) is 20.8 Å². The lowest BCUT2D eigenvalue weighted by atomic mass is 10.2. The monoisotopic (exact) mass is 335 g/mol. The average molecular weight is 336 g/mol. The Hall–Kier alpha value is -1.62. The summed E-state index contributed by atoms with van der Waals surface area (Å²) < 4.78 is 6.56. The lowest BCUT2D eigenvalue weighted by molar-refractivity contribution is 0.242. The average Bonchev–Trinajstić information content (AvgIpc) is 2.41. The number of aromatic nitrogens is 2. The van der Waals surface area contributed by atoms with E-state index in [1.807, 2.05) is 45.0 Å². The van der Waals surface area contributed by atoms with Crippen LogP contribution >= 0.6 is 15.9 Å². The molecule has 20 heavy (non-hydrogen) atoms. The van der Waals surface area contributed by atoms with Gasteiger partial charge >= 0.3 is 0 Å². The van der Waals surface area contributed by atoms with Crippen LogP contribution in [0.4, 0.5) is 5.82 Å². The van der Waals surface area contributed by atoms with Gasteiger partial charge in [0.2, 0.25) is 0 Å². The van der Waals surface area contributed by atoms with Crippen LogP contribution < -0.4 is 10.1 Å². The van der Waals surface area contributed by atoms with Gasteiger partial charge in [-0.2, -0.15) is 0 Å². The smallest absolute Gasteiger partial charge is 0.161 e. The number of hydrogen-bond acceptors (Lipinski definition) is 4. The van der Waals surface area contributed by atoms with Crippen molar-refractivity contribution in [1.29, 1.82) is 0 Å². The Morgan fingerprint density at radius 1 is 1.35 bits per heavy atom. The number of rotatable bonds is 5. The Bertz CT molecular complexity index is 587. The fourth-order valence-electron chi connectivity index (χ4n) is 1.78. The molecule has 1 heterocycles. The van der Waals surface area contributed by atoms with E-state index in [1.165, 1.54) is 0 Å². The fraction of sp³-hybridized carbons (Fsp3) is 0.333. The maximum Gasteiger partial charge on any atom is 0.161 e. The number of ether oxygens (including phenoxy) is 1. The number of nitrogens with zero attached hydrogens (tertiary/aromatic N) is 2. The van der Waals surface area contributed by atoms with Gasteiger partial charge in [0.15, 0.2) is 5.82 Å². The zero-order valence-corrected chi connectivity index (χ0v) is 13.4. The lowest BCUT2D eigenvalue weighted by Gasteiger charge is -2.11. The molecule has 0 aliphatic rings. The van der Waals surface area contributed by atoms with Gasteiger partial charge in [-0.1, -0.05) is 12.1 Å². The summed E-state index contributed by atoms with van der Waals surface area (Å²) in [5, 5.41) is 3.20. The number of anilines is 1. The molecule has 0 atom stereocenters. The molecule has 0 spiro atoms. The summed E-state index contributed by atoms with van der Waals surface area (Å²) in [6, 6.07) is 7.82. The predicted molar refractivity (Wildman–Crippen MR) is 85.1 cm³/mol. The highest BCUT2D eigenvalue weighted by Gasteiger charge is 2.08. The van der Waals surface area contributed by atoms with Gasteiger partial charge in [0.05, 0.1) is 10.6 Å². The second-order valence-corrected chi connectivity index (χ2v) is 5.47. The first-order valence-electron chi connectivity index (χ1n) is 6.63. The van der Waals surface area contributed by atoms with Crippen molar-refractivity contribution in [2.24, 2.45) is 0 Å². The highest BCUT2D eigenvalue weighted by Crippen LogP contribution is 2.25. The first-order valence-corrected chi connectivity index (χ1v) is 7.43. The topological polar surface area (TPSA) is 47.0 Å². The first kappa shape index (κ1) is 14.8. The third-order valence-electron chi connectivity index (χ3n) is 2.55. The third kappa shape index (κ3) is 3.70. The van der Waals surface area contributed by atoms with Crippen LogP contribution in [0.5, 0.6) is 5.75 Å². The Morgan fingerprint density at radius 2 is 2.15 bits per heavy atom. The molecule has 4 nitrogen and oxygen atoms in total. The molecule has 0 bridgehead atoms. The Balaban J connectivity index is 2.33. The Labute approximate surface area is 127 Å². The minimum Gasteiger partial charge on any atom is -0.491 e. The molecule has 0 aliphatic carbocycles. The minimum atomic E-state index is 0.147. The molecular weight excluding hydrogens is 318 g/mol. The number of hydrogen-bond donors (Lipinski definition) is 1. The van der Waals surface area contributed by atoms with E-state index in [4.69, 9.17) is 4.74 Å². The summed E-state index contributed by atoms with van der Waals surface area (Å²) >= 11 is 3.44. The standard InChI is InChI=1S/C15H18BrN3O/c1-4-17-15-13(16)9-18-14(19-15)11-6-5-7-12(8-11)20-10(2)3/h5-10H,4H2,1-3H3,(H,17,18,19). The van der Waals surface area contributed by atoms with Crippen LogP contribution in [-0.4, -0.2) is 22.6 Å². The summed E-state index contributed by atoms with van der Waals surface area (Å²) in [4.78, 5) is 8.89. The van der Waals surface area contributed by atoms with Crippen molar-refractivity contribution in [3.8, 4) is 17.1 Å². The summed E-state index contributed by atoms with van der Waals surface area (Å²) in [6.07, 6.45) is 1.91. The van der Waals surface area contributed by atoms with E-state index in [1.54, 1.807) is 6.20 Å². The molecular formula is C15H18BrN3O. The molecule has 1 aromatic heterocycles. The maximum atomic E-state index is 5.70. The SMILES string of the molecule is CCNc1nc(-c2cccc(OC(C)C)c2)ncc1Br. The van der Waals surface area contributed by atoms with E-state index in [0.29, 0.717) is 5.82 Å². The van der Waals surface area contributed by atoms with Crippen molar-refractivity contribution in [3.63, 3.8) is 0 Å². The van der Waals surface area contributed by atoms with E-state index < -0.39 is 0 Å². The maximum absolute atomic E-state index is 5.70. The quantitative estimate of drug-likeness (QED) is 0.892. The molecule has 2 aromatic rings. The molecule has 0 aliphatic heterocycles. The zero-order chi connectivity index (χ0) is 14.5. The van der Waals surface area contributed by atoms with Gasteiger partial charge in [0.1, 0.15) is 11.6 Å². The Kier molecular flexibility index (Phi) is 4.95. The summed E-state index contributed by atoms with van der Waals surface area (Å²) in [6.45, 7) is 6.86. The molecule has 0 saturated carbocycles. The normalized spacial score (nSPS) is 10.7. The molecule has 0 amide bonds. The number of halogens is 1. The van der Waals surface area contributed by atoms with Crippen LogP contribution in [0.15, 0.2) is 34.9 Å². The molecule has 1 aromatic carbocycles. The Morgan fingerprint density at radius 3 is 2.85 bits per heavy atom. The summed E-state index contributed by atoms with van der Waals surface area (Å²) in [5.74, 6) is 2.31. The number of nitrogens with one attached hydrogen (secondary N) is 1. The van der Waals surface area contributed by atoms with Crippen molar-refractivity contribution in [1.82, 2.24) is 9.97 Å². The molecule has 0 unspecified atom stereocenters. The van der Waals surface area contributed by atoms with Crippen LogP contribution in [-0.2, 0) is 0 Å². The second-order valence-electron chi connectivity index (χ2n) is 4.61. The highest BCUT2D eigenvalue weighted by atomic mass is 79.9. The van der Waals surface area contributed by atoms with Crippen molar-refractivity contribution >= 4 is 21.7 Å². The van der Waals surface area contributed by atoms with Crippen LogP contribution in [0, 0.1) is 0 Å². The fourth-order valence-corrected chi connectivity index (χ4v) is 2.11. The first-order chi connectivity index (χ1) is 9.60. The van der Waals surface area contributed by atoms with Crippen LogP contribution in [0.25, 0.3) is 11.4 Å². The van der Waals surface area contributed by atoms with E-state index in [2.05, 4.69) is 31.2 Å². The van der Waals surface area contributed by atoms with Crippen molar-refractivity contribution in [2.75, 3.05) is 11.9 Å². The van der Waals surface area contributed by atoms with Crippen molar-refractivity contribution in [3.05, 3.63) is 34.9 Å². The number of benzene rings is 1. The lowest BCUT2D eigenvalue weighted by Crippen LogP contribution is -2.05. The van der Waals surface area contributed by atoms with E-state index in [0.717, 1.165) is 28.1 Å². The van der Waals surface area contributed by atoms with Gasteiger partial charge in [-0.25, -0.2) is 9.97 Å². The van der Waals surface area contributed by atoms with Gasteiger partial charge in [-0.3, -0.25) is 0 Å². The molecule has 1 N–H and O–H groups in total. The molecule has 106 valence electrons. The van der Waals surface area contributed by atoms with Gasteiger partial charge in [0, 0.05) is 18.3 Å². The van der Waals surface area contributed by atoms with Gasteiger partial charge < -0.3 is 10.1 Å². The van der Waals surface area contributed by atoms with E-state index >= 15 is 0 Å². The van der Waals surface area contributed by atoms with E-state index in [9.17, 15) is 0 Å². The molecule has 0 fully saturated rings. The predicted octanol–water partition coefficient (Wildman–Crippen LogP) is 4.13. The zero-order valence-electron chi connectivity index (χ0n) is 11.9. The molecule has 0 saturated heterocycles. The molecule has 2 rings (SSSR count). The molecule has 5 heteroatoms. The van der Waals surface area contributed by atoms with Crippen molar-refractivity contribution in [2.45, 2.75) is 26.9 Å². The largest absolute Gasteiger partial charge is 0.491 e. The minimum absolute atomic E-state index is 0.147. The summed E-state index contributed by atoms with van der Waals surface area (Å²) in [5.41, 5.74) is 0.940. The highest BCUT2D eigenvalue weighted by molar-refractivity contribution is 9.10. The van der Waals surface area contributed by atoms with Crippen LogP contribution in [0.3, 0.4) is 0 Å².